The molecule has 0 saturated carbocycles. The molecule has 1 atom stereocenters. The number of aryl methyl sites for hydroxylation is 1. The molecule has 8 nitrogen and oxygen atoms in total. The molecule has 150 valence electrons. The Hall–Kier alpha value is -3.07. The number of carbonyl (C=O) groups excluding carboxylic acids is 2. The lowest BCUT2D eigenvalue weighted by atomic mass is 9.94. The van der Waals surface area contributed by atoms with E-state index in [0.29, 0.717) is 30.6 Å². The lowest BCUT2D eigenvalue weighted by molar-refractivity contribution is 0.0935. The zero-order valence-electron chi connectivity index (χ0n) is 15.9. The summed E-state index contributed by atoms with van der Waals surface area (Å²) in [6.07, 6.45) is 8.95. The van der Waals surface area contributed by atoms with Crippen LogP contribution in [-0.4, -0.2) is 44.7 Å². The van der Waals surface area contributed by atoms with Crippen LogP contribution in [0.5, 0.6) is 0 Å². The van der Waals surface area contributed by atoms with Gasteiger partial charge in [0.2, 0.25) is 0 Å². The maximum absolute atomic E-state index is 12.6. The topological polar surface area (TPSA) is 102 Å². The molecule has 3 aromatic heterocycles. The number of hydrogen-bond acceptors (Lipinski definition) is 6. The van der Waals surface area contributed by atoms with E-state index in [1.807, 2.05) is 10.1 Å². The SMILES string of the molecule is O=C(NC[C@H]1CCn2ncc(C(=O)NCCc3nccs3)c2C1)c1cccnc1. The number of rotatable bonds is 7. The minimum atomic E-state index is -0.127. The van der Waals surface area contributed by atoms with Crippen molar-refractivity contribution in [1.29, 1.82) is 0 Å². The van der Waals surface area contributed by atoms with Gasteiger partial charge in [-0.05, 0) is 30.9 Å². The van der Waals surface area contributed by atoms with Crippen molar-refractivity contribution in [3.63, 3.8) is 0 Å². The molecule has 0 aliphatic carbocycles. The van der Waals surface area contributed by atoms with Crippen LogP contribution in [0.3, 0.4) is 0 Å². The molecule has 0 aromatic carbocycles. The number of nitrogens with zero attached hydrogens (tertiary/aromatic N) is 4. The molecule has 0 spiro atoms. The number of thiazole rings is 1. The summed E-state index contributed by atoms with van der Waals surface area (Å²) in [7, 11) is 0. The van der Waals surface area contributed by atoms with Crippen LogP contribution in [0.1, 0.15) is 37.8 Å². The standard InChI is InChI=1S/C20H22N6O2S/c27-19(15-2-1-5-21-12-15)24-11-14-4-8-26-17(10-14)16(13-25-26)20(28)23-6-3-18-22-7-9-29-18/h1-2,5,7,9,12-14H,3-4,6,8,10-11H2,(H,23,28)(H,24,27)/t14-/m0/s1. The van der Waals surface area contributed by atoms with Crippen LogP contribution < -0.4 is 10.6 Å². The van der Waals surface area contributed by atoms with Crippen molar-refractivity contribution in [1.82, 2.24) is 30.4 Å². The van der Waals surface area contributed by atoms with Crippen LogP contribution in [-0.2, 0) is 19.4 Å². The van der Waals surface area contributed by atoms with Gasteiger partial charge in [-0.2, -0.15) is 5.10 Å². The van der Waals surface area contributed by atoms with Crippen LogP contribution in [0.25, 0.3) is 0 Å². The summed E-state index contributed by atoms with van der Waals surface area (Å²) in [5.41, 5.74) is 2.10. The van der Waals surface area contributed by atoms with Crippen molar-refractivity contribution in [2.24, 2.45) is 5.92 Å². The molecule has 0 radical (unpaired) electrons. The van der Waals surface area contributed by atoms with E-state index >= 15 is 0 Å². The highest BCUT2D eigenvalue weighted by atomic mass is 32.1. The Labute approximate surface area is 172 Å². The molecule has 9 heteroatoms. The highest BCUT2D eigenvalue weighted by Gasteiger charge is 2.25. The summed E-state index contributed by atoms with van der Waals surface area (Å²) in [4.78, 5) is 33.0. The van der Waals surface area contributed by atoms with E-state index in [1.54, 1.807) is 48.3 Å². The molecule has 3 aromatic rings. The fourth-order valence-corrected chi connectivity index (χ4v) is 4.07. The third kappa shape index (κ3) is 4.68. The largest absolute Gasteiger partial charge is 0.352 e. The van der Waals surface area contributed by atoms with Gasteiger partial charge in [-0.15, -0.1) is 11.3 Å². The number of carbonyl (C=O) groups is 2. The lowest BCUT2D eigenvalue weighted by Gasteiger charge is -2.24. The van der Waals surface area contributed by atoms with Gasteiger partial charge in [0, 0.05) is 50.0 Å². The van der Waals surface area contributed by atoms with Gasteiger partial charge in [-0.1, -0.05) is 0 Å². The number of fused-ring (bicyclic) bond motifs is 1. The maximum atomic E-state index is 12.6. The van der Waals surface area contributed by atoms with Gasteiger partial charge in [0.05, 0.1) is 28.0 Å². The van der Waals surface area contributed by atoms with Gasteiger partial charge in [-0.25, -0.2) is 4.98 Å². The molecular formula is C20H22N6O2S. The summed E-state index contributed by atoms with van der Waals surface area (Å²) in [6.45, 7) is 1.85. The Morgan fingerprint density at radius 1 is 1.21 bits per heavy atom. The van der Waals surface area contributed by atoms with Gasteiger partial charge < -0.3 is 10.6 Å². The normalized spacial score (nSPS) is 15.5. The van der Waals surface area contributed by atoms with Gasteiger partial charge in [0.25, 0.3) is 11.8 Å². The molecule has 1 aliphatic rings. The second-order valence-corrected chi connectivity index (χ2v) is 7.95. The molecule has 4 rings (SSSR count). The van der Waals surface area contributed by atoms with E-state index in [2.05, 4.69) is 25.7 Å². The Kier molecular flexibility index (Phi) is 5.95. The number of pyridine rings is 1. The molecule has 1 aliphatic heterocycles. The average Bonchev–Trinajstić information content (AvgIpc) is 3.42. The summed E-state index contributed by atoms with van der Waals surface area (Å²) in [6, 6.07) is 3.49. The predicted molar refractivity (Wildman–Crippen MR) is 109 cm³/mol. The predicted octanol–water partition coefficient (Wildman–Crippen LogP) is 1.70. The fraction of sp³-hybridized carbons (Fsp3) is 0.350. The summed E-state index contributed by atoms with van der Waals surface area (Å²) in [5.74, 6) is 0.0295. The van der Waals surface area contributed by atoms with Gasteiger partial charge >= 0.3 is 0 Å². The van der Waals surface area contributed by atoms with Gasteiger partial charge in [0.15, 0.2) is 0 Å². The van der Waals surface area contributed by atoms with Gasteiger partial charge in [0.1, 0.15) is 0 Å². The Morgan fingerprint density at radius 3 is 2.93 bits per heavy atom. The first-order valence-corrected chi connectivity index (χ1v) is 10.5. The molecule has 0 saturated heterocycles. The van der Waals surface area contributed by atoms with Gasteiger partial charge in [-0.3, -0.25) is 19.3 Å². The highest BCUT2D eigenvalue weighted by molar-refractivity contribution is 7.09. The number of nitrogens with one attached hydrogen (secondary N) is 2. The Balaban J connectivity index is 1.32. The van der Waals surface area contributed by atoms with Crippen LogP contribution in [0.2, 0.25) is 0 Å². The zero-order valence-corrected chi connectivity index (χ0v) is 16.7. The van der Waals surface area contributed by atoms with Crippen LogP contribution in [0, 0.1) is 5.92 Å². The van der Waals surface area contributed by atoms with Crippen molar-refractivity contribution >= 4 is 23.2 Å². The molecule has 2 amide bonds. The average molecular weight is 411 g/mol. The minimum absolute atomic E-state index is 0.108. The molecule has 2 N–H and O–H groups in total. The van der Waals surface area contributed by atoms with E-state index in [0.717, 1.165) is 30.1 Å². The van der Waals surface area contributed by atoms with Crippen molar-refractivity contribution in [3.05, 3.63) is 64.1 Å². The fourth-order valence-electron chi connectivity index (χ4n) is 3.45. The van der Waals surface area contributed by atoms with Crippen molar-refractivity contribution in [3.8, 4) is 0 Å². The summed E-state index contributed by atoms with van der Waals surface area (Å²) >= 11 is 1.58. The van der Waals surface area contributed by atoms with Crippen LogP contribution >= 0.6 is 11.3 Å². The number of hydrogen-bond donors (Lipinski definition) is 2. The van der Waals surface area contributed by atoms with E-state index in [9.17, 15) is 9.59 Å². The molecule has 0 fully saturated rings. The first-order valence-electron chi connectivity index (χ1n) is 9.60. The summed E-state index contributed by atoms with van der Waals surface area (Å²) < 4.78 is 1.90. The van der Waals surface area contributed by atoms with Crippen molar-refractivity contribution < 1.29 is 9.59 Å². The smallest absolute Gasteiger partial charge is 0.254 e. The Morgan fingerprint density at radius 2 is 2.14 bits per heavy atom. The van der Waals surface area contributed by atoms with E-state index in [-0.39, 0.29) is 17.7 Å². The number of amides is 2. The molecule has 0 bridgehead atoms. The second-order valence-electron chi connectivity index (χ2n) is 6.97. The maximum Gasteiger partial charge on any atom is 0.254 e. The third-order valence-corrected chi connectivity index (χ3v) is 5.85. The first-order chi connectivity index (χ1) is 14.2. The Bertz CT molecular complexity index is 970. The molecule has 29 heavy (non-hydrogen) atoms. The van der Waals surface area contributed by atoms with E-state index in [1.165, 1.54) is 0 Å². The first kappa shape index (κ1) is 19.3. The van der Waals surface area contributed by atoms with Crippen molar-refractivity contribution in [2.75, 3.05) is 13.1 Å². The van der Waals surface area contributed by atoms with E-state index in [4.69, 9.17) is 0 Å². The minimum Gasteiger partial charge on any atom is -0.352 e. The van der Waals surface area contributed by atoms with Crippen LogP contribution in [0.15, 0.2) is 42.3 Å². The molecule has 0 unspecified atom stereocenters. The zero-order chi connectivity index (χ0) is 20.1. The summed E-state index contributed by atoms with van der Waals surface area (Å²) in [5, 5.41) is 13.2. The van der Waals surface area contributed by atoms with Crippen molar-refractivity contribution in [2.45, 2.75) is 25.8 Å². The molecular weight excluding hydrogens is 388 g/mol. The monoisotopic (exact) mass is 410 g/mol. The lowest BCUT2D eigenvalue weighted by Crippen LogP contribution is -2.34. The van der Waals surface area contributed by atoms with Crippen LogP contribution in [0.4, 0.5) is 0 Å². The third-order valence-electron chi connectivity index (χ3n) is 5.01. The molecule has 4 heterocycles. The number of aromatic nitrogens is 4. The van der Waals surface area contributed by atoms with E-state index < -0.39 is 0 Å². The quantitative estimate of drug-likeness (QED) is 0.617. The second kappa shape index (κ2) is 8.95. The highest BCUT2D eigenvalue weighted by Crippen LogP contribution is 2.22.